The van der Waals surface area contributed by atoms with Crippen LogP contribution in [0.2, 0.25) is 0 Å². The summed E-state index contributed by atoms with van der Waals surface area (Å²) in [6.45, 7) is 6.30. The van der Waals surface area contributed by atoms with Crippen LogP contribution in [0.5, 0.6) is 0 Å². The third kappa shape index (κ3) is 5.27. The number of piperidine rings is 1. The number of hydrogen-bond donors (Lipinski definition) is 1. The molecule has 0 bridgehead atoms. The highest BCUT2D eigenvalue weighted by molar-refractivity contribution is 4.77. The lowest BCUT2D eigenvalue weighted by Crippen LogP contribution is -2.45. The Morgan fingerprint density at radius 2 is 1.44 bits per heavy atom. The summed E-state index contributed by atoms with van der Waals surface area (Å²) in [5.41, 5.74) is 0. The molecule has 0 radical (unpaired) electrons. The summed E-state index contributed by atoms with van der Waals surface area (Å²) in [4.78, 5) is 2.66. The fraction of sp³-hybridized carbons (Fsp3) is 1.00. The van der Waals surface area contributed by atoms with Gasteiger partial charge in [-0.05, 0) is 45.7 Å². The number of likely N-dealkylation sites (tertiary alicyclic amines) is 1. The maximum absolute atomic E-state index is 3.89. The summed E-state index contributed by atoms with van der Waals surface area (Å²) >= 11 is 0. The van der Waals surface area contributed by atoms with Crippen LogP contribution in [0.3, 0.4) is 0 Å². The Labute approximate surface area is 114 Å². The average Bonchev–Trinajstić information content (AvgIpc) is 2.34. The van der Waals surface area contributed by atoms with Crippen LogP contribution >= 0.6 is 0 Å². The van der Waals surface area contributed by atoms with Crippen LogP contribution in [-0.4, -0.2) is 36.6 Å². The molecule has 1 atom stereocenters. The zero-order valence-electron chi connectivity index (χ0n) is 12.3. The molecule has 0 spiro atoms. The number of hydrogen-bond acceptors (Lipinski definition) is 2. The lowest BCUT2D eigenvalue weighted by molar-refractivity contribution is 0.200. The molecule has 106 valence electrons. The monoisotopic (exact) mass is 252 g/mol. The average molecular weight is 252 g/mol. The van der Waals surface area contributed by atoms with Crippen molar-refractivity contribution in [3.63, 3.8) is 0 Å². The largest absolute Gasteiger partial charge is 0.310 e. The van der Waals surface area contributed by atoms with Crippen molar-refractivity contribution in [1.29, 1.82) is 0 Å². The van der Waals surface area contributed by atoms with Crippen molar-refractivity contribution in [3.05, 3.63) is 0 Å². The topological polar surface area (TPSA) is 15.3 Å². The molecule has 1 aliphatic heterocycles. The van der Waals surface area contributed by atoms with Crippen LogP contribution in [-0.2, 0) is 0 Å². The van der Waals surface area contributed by atoms with Crippen molar-refractivity contribution in [3.8, 4) is 0 Å². The van der Waals surface area contributed by atoms with Gasteiger partial charge >= 0.3 is 0 Å². The summed E-state index contributed by atoms with van der Waals surface area (Å²) in [5.74, 6) is 0. The standard InChI is InChI=1S/C16H32N2/c1-15(14-18-12-8-5-9-13-18)17-16-10-6-3-2-4-7-11-16/h15-17H,2-14H2,1H3. The highest BCUT2D eigenvalue weighted by atomic mass is 15.2. The molecule has 1 aliphatic carbocycles. The molecule has 2 heteroatoms. The van der Waals surface area contributed by atoms with Gasteiger partial charge < -0.3 is 10.2 Å². The molecule has 2 nitrogen and oxygen atoms in total. The number of nitrogens with one attached hydrogen (secondary N) is 1. The van der Waals surface area contributed by atoms with Gasteiger partial charge in [-0.15, -0.1) is 0 Å². The Morgan fingerprint density at radius 3 is 2.11 bits per heavy atom. The second-order valence-corrected chi connectivity index (χ2v) is 6.47. The quantitative estimate of drug-likeness (QED) is 0.823. The van der Waals surface area contributed by atoms with E-state index >= 15 is 0 Å². The molecule has 1 saturated carbocycles. The van der Waals surface area contributed by atoms with E-state index in [1.54, 1.807) is 0 Å². The van der Waals surface area contributed by atoms with Gasteiger partial charge in [0.25, 0.3) is 0 Å². The summed E-state index contributed by atoms with van der Waals surface area (Å²) in [5, 5.41) is 3.89. The minimum Gasteiger partial charge on any atom is -0.310 e. The molecule has 1 heterocycles. The predicted octanol–water partition coefficient (Wildman–Crippen LogP) is 3.56. The second kappa shape index (κ2) is 8.16. The fourth-order valence-electron chi connectivity index (χ4n) is 3.61. The van der Waals surface area contributed by atoms with E-state index in [1.807, 2.05) is 0 Å². The van der Waals surface area contributed by atoms with Crippen LogP contribution < -0.4 is 5.32 Å². The van der Waals surface area contributed by atoms with Gasteiger partial charge in [0.2, 0.25) is 0 Å². The van der Waals surface area contributed by atoms with Crippen molar-refractivity contribution >= 4 is 0 Å². The Kier molecular flexibility index (Phi) is 6.50. The first-order valence-corrected chi connectivity index (χ1v) is 8.33. The van der Waals surface area contributed by atoms with Crippen LogP contribution in [0, 0.1) is 0 Å². The fourth-order valence-corrected chi connectivity index (χ4v) is 3.61. The Balaban J connectivity index is 1.66. The first kappa shape index (κ1) is 14.3. The molecule has 0 amide bonds. The molecule has 0 aromatic carbocycles. The maximum atomic E-state index is 3.89. The Hall–Kier alpha value is -0.0800. The van der Waals surface area contributed by atoms with E-state index in [2.05, 4.69) is 17.1 Å². The smallest absolute Gasteiger partial charge is 0.0169 e. The van der Waals surface area contributed by atoms with Crippen molar-refractivity contribution in [1.82, 2.24) is 10.2 Å². The molecule has 1 N–H and O–H groups in total. The third-order valence-electron chi connectivity index (χ3n) is 4.61. The van der Waals surface area contributed by atoms with Crippen LogP contribution in [0.15, 0.2) is 0 Å². The van der Waals surface area contributed by atoms with Gasteiger partial charge in [-0.3, -0.25) is 0 Å². The van der Waals surface area contributed by atoms with E-state index in [9.17, 15) is 0 Å². The van der Waals surface area contributed by atoms with Gasteiger partial charge in [-0.2, -0.15) is 0 Å². The molecule has 2 rings (SSSR count). The summed E-state index contributed by atoms with van der Waals surface area (Å²) in [6.07, 6.45) is 14.3. The minimum absolute atomic E-state index is 0.674. The highest BCUT2D eigenvalue weighted by Crippen LogP contribution is 2.18. The van der Waals surface area contributed by atoms with E-state index in [1.165, 1.54) is 83.8 Å². The number of nitrogens with zero attached hydrogens (tertiary/aromatic N) is 1. The SMILES string of the molecule is CC(CN1CCCCC1)NC1CCCCCCC1. The van der Waals surface area contributed by atoms with Gasteiger partial charge in [-0.1, -0.05) is 38.5 Å². The molecule has 2 fully saturated rings. The van der Waals surface area contributed by atoms with Gasteiger partial charge in [0, 0.05) is 18.6 Å². The first-order chi connectivity index (χ1) is 8.84. The van der Waals surface area contributed by atoms with E-state index in [-0.39, 0.29) is 0 Å². The van der Waals surface area contributed by atoms with Crippen LogP contribution in [0.4, 0.5) is 0 Å². The summed E-state index contributed by atoms with van der Waals surface area (Å²) in [7, 11) is 0. The van der Waals surface area contributed by atoms with Gasteiger partial charge in [-0.25, -0.2) is 0 Å². The Morgan fingerprint density at radius 1 is 0.889 bits per heavy atom. The minimum atomic E-state index is 0.674. The first-order valence-electron chi connectivity index (χ1n) is 8.33. The van der Waals surface area contributed by atoms with Crippen molar-refractivity contribution in [2.24, 2.45) is 0 Å². The van der Waals surface area contributed by atoms with Crippen molar-refractivity contribution in [2.45, 2.75) is 83.2 Å². The van der Waals surface area contributed by atoms with E-state index in [0.717, 1.165) is 6.04 Å². The van der Waals surface area contributed by atoms with Crippen LogP contribution in [0.1, 0.15) is 71.1 Å². The summed E-state index contributed by atoms with van der Waals surface area (Å²) < 4.78 is 0. The molecule has 2 aliphatic rings. The molecule has 1 saturated heterocycles. The van der Waals surface area contributed by atoms with Crippen molar-refractivity contribution in [2.75, 3.05) is 19.6 Å². The zero-order chi connectivity index (χ0) is 12.6. The second-order valence-electron chi connectivity index (χ2n) is 6.47. The Bertz CT molecular complexity index is 203. The lowest BCUT2D eigenvalue weighted by atomic mass is 9.96. The maximum Gasteiger partial charge on any atom is 0.0169 e. The van der Waals surface area contributed by atoms with Gasteiger partial charge in [0.1, 0.15) is 0 Å². The van der Waals surface area contributed by atoms with E-state index in [4.69, 9.17) is 0 Å². The number of rotatable bonds is 4. The lowest BCUT2D eigenvalue weighted by Gasteiger charge is -2.32. The predicted molar refractivity (Wildman–Crippen MR) is 79.0 cm³/mol. The van der Waals surface area contributed by atoms with Crippen molar-refractivity contribution < 1.29 is 0 Å². The van der Waals surface area contributed by atoms with Crippen LogP contribution in [0.25, 0.3) is 0 Å². The molecule has 18 heavy (non-hydrogen) atoms. The molecular weight excluding hydrogens is 220 g/mol. The van der Waals surface area contributed by atoms with E-state index in [0.29, 0.717) is 6.04 Å². The molecule has 0 aromatic rings. The zero-order valence-corrected chi connectivity index (χ0v) is 12.3. The van der Waals surface area contributed by atoms with E-state index < -0.39 is 0 Å². The summed E-state index contributed by atoms with van der Waals surface area (Å²) in [6, 6.07) is 1.47. The molecular formula is C16H32N2. The third-order valence-corrected chi connectivity index (χ3v) is 4.61. The molecule has 0 aromatic heterocycles. The van der Waals surface area contributed by atoms with Gasteiger partial charge in [0.05, 0.1) is 0 Å². The van der Waals surface area contributed by atoms with Gasteiger partial charge in [0.15, 0.2) is 0 Å². The molecule has 1 unspecified atom stereocenters. The normalized spacial score (nSPS) is 26.5. The highest BCUT2D eigenvalue weighted by Gasteiger charge is 2.17.